The summed E-state index contributed by atoms with van der Waals surface area (Å²) in [6.45, 7) is 0. The van der Waals surface area contributed by atoms with Gasteiger partial charge in [0.1, 0.15) is 5.82 Å². The third-order valence-electron chi connectivity index (χ3n) is 5.10. The van der Waals surface area contributed by atoms with Gasteiger partial charge in [0.15, 0.2) is 0 Å². The largest absolute Gasteiger partial charge is 0.342 e. The molecular formula is C17H22N4O. The van der Waals surface area contributed by atoms with Gasteiger partial charge in [-0.2, -0.15) is 0 Å². The van der Waals surface area contributed by atoms with Crippen molar-refractivity contribution >= 4 is 22.6 Å². The van der Waals surface area contributed by atoms with Crippen LogP contribution in [-0.4, -0.2) is 21.9 Å². The Morgan fingerprint density at radius 3 is 2.82 bits per heavy atom. The van der Waals surface area contributed by atoms with Gasteiger partial charge in [0.05, 0.1) is 11.0 Å². The van der Waals surface area contributed by atoms with Crippen LogP contribution in [0.25, 0.3) is 11.0 Å². The molecule has 2 fully saturated rings. The van der Waals surface area contributed by atoms with Crippen LogP contribution in [0.15, 0.2) is 18.2 Å². The highest BCUT2D eigenvalue weighted by Gasteiger charge is 2.28. The standard InChI is InChI=1S/C17H22N4O/c18-12-5-4-11(8-12)17(22)19-13-6-7-14-15(9-13)21-16(20-14)10-2-1-3-10/h6-7,9-12H,1-5,8,18H2,(H,19,22)(H,20,21). The third-order valence-corrected chi connectivity index (χ3v) is 5.10. The molecule has 1 amide bonds. The minimum atomic E-state index is 0.0537. The maximum absolute atomic E-state index is 12.3. The van der Waals surface area contributed by atoms with E-state index in [2.05, 4.69) is 15.3 Å². The van der Waals surface area contributed by atoms with Gasteiger partial charge in [0, 0.05) is 23.6 Å². The molecule has 2 atom stereocenters. The number of aromatic amines is 1. The molecule has 2 aromatic rings. The van der Waals surface area contributed by atoms with Crippen molar-refractivity contribution < 1.29 is 4.79 Å². The van der Waals surface area contributed by atoms with Gasteiger partial charge in [-0.3, -0.25) is 4.79 Å². The van der Waals surface area contributed by atoms with E-state index < -0.39 is 0 Å². The topological polar surface area (TPSA) is 83.8 Å². The smallest absolute Gasteiger partial charge is 0.227 e. The van der Waals surface area contributed by atoms with E-state index in [-0.39, 0.29) is 17.9 Å². The second kappa shape index (κ2) is 5.39. The highest BCUT2D eigenvalue weighted by atomic mass is 16.1. The van der Waals surface area contributed by atoms with Crippen molar-refractivity contribution in [3.63, 3.8) is 0 Å². The van der Waals surface area contributed by atoms with Crippen molar-refractivity contribution in [2.45, 2.75) is 50.5 Å². The predicted molar refractivity (Wildman–Crippen MR) is 86.6 cm³/mol. The molecule has 2 aliphatic rings. The van der Waals surface area contributed by atoms with Crippen LogP contribution in [0, 0.1) is 5.92 Å². The molecule has 5 heteroatoms. The number of aromatic nitrogens is 2. The first kappa shape index (κ1) is 13.8. The fourth-order valence-electron chi connectivity index (χ4n) is 3.48. The van der Waals surface area contributed by atoms with Crippen LogP contribution in [0.1, 0.15) is 50.3 Å². The lowest BCUT2D eigenvalue weighted by Crippen LogP contribution is -2.23. The number of carbonyl (C=O) groups is 1. The first-order valence-electron chi connectivity index (χ1n) is 8.25. The van der Waals surface area contributed by atoms with E-state index in [4.69, 9.17) is 5.73 Å². The van der Waals surface area contributed by atoms with Crippen molar-refractivity contribution in [2.24, 2.45) is 11.7 Å². The van der Waals surface area contributed by atoms with Crippen LogP contribution in [0.2, 0.25) is 0 Å². The monoisotopic (exact) mass is 298 g/mol. The van der Waals surface area contributed by atoms with Gasteiger partial charge in [-0.1, -0.05) is 6.42 Å². The Morgan fingerprint density at radius 1 is 1.27 bits per heavy atom. The highest BCUT2D eigenvalue weighted by molar-refractivity contribution is 5.94. The van der Waals surface area contributed by atoms with E-state index in [9.17, 15) is 4.79 Å². The van der Waals surface area contributed by atoms with Gasteiger partial charge in [0.25, 0.3) is 0 Å². The zero-order chi connectivity index (χ0) is 15.1. The number of hydrogen-bond donors (Lipinski definition) is 3. The SMILES string of the molecule is NC1CCC(C(=O)Nc2ccc3nc(C4CCC4)[nH]c3c2)C1. The Bertz CT molecular complexity index is 704. The number of carbonyl (C=O) groups excluding carboxylic acids is 1. The summed E-state index contributed by atoms with van der Waals surface area (Å²) in [6, 6.07) is 6.07. The summed E-state index contributed by atoms with van der Waals surface area (Å²) in [6.07, 6.45) is 6.39. The van der Waals surface area contributed by atoms with E-state index in [1.165, 1.54) is 19.3 Å². The lowest BCUT2D eigenvalue weighted by Gasteiger charge is -2.22. The zero-order valence-electron chi connectivity index (χ0n) is 12.6. The summed E-state index contributed by atoms with van der Waals surface area (Å²) in [7, 11) is 0. The summed E-state index contributed by atoms with van der Waals surface area (Å²) in [5.41, 5.74) is 8.70. The lowest BCUT2D eigenvalue weighted by molar-refractivity contribution is -0.119. The van der Waals surface area contributed by atoms with Gasteiger partial charge >= 0.3 is 0 Å². The molecule has 0 bridgehead atoms. The number of H-pyrrole nitrogens is 1. The first-order chi connectivity index (χ1) is 10.7. The number of hydrogen-bond acceptors (Lipinski definition) is 3. The van der Waals surface area contributed by atoms with Crippen LogP contribution in [0.4, 0.5) is 5.69 Å². The van der Waals surface area contributed by atoms with Crippen molar-refractivity contribution in [1.29, 1.82) is 0 Å². The summed E-state index contributed by atoms with van der Waals surface area (Å²) in [4.78, 5) is 20.3. The number of imidazole rings is 1. The molecular weight excluding hydrogens is 276 g/mol. The van der Waals surface area contributed by atoms with Crippen molar-refractivity contribution in [2.75, 3.05) is 5.32 Å². The predicted octanol–water partition coefficient (Wildman–Crippen LogP) is 2.90. The quantitative estimate of drug-likeness (QED) is 0.814. The molecule has 22 heavy (non-hydrogen) atoms. The molecule has 0 radical (unpaired) electrons. The first-order valence-corrected chi connectivity index (χ1v) is 8.25. The van der Waals surface area contributed by atoms with E-state index in [1.54, 1.807) is 0 Å². The van der Waals surface area contributed by atoms with E-state index in [0.717, 1.165) is 41.8 Å². The third kappa shape index (κ3) is 2.50. The van der Waals surface area contributed by atoms with Gasteiger partial charge < -0.3 is 16.0 Å². The van der Waals surface area contributed by atoms with E-state index in [0.29, 0.717) is 5.92 Å². The molecule has 0 spiro atoms. The normalized spacial score (nSPS) is 25.3. The van der Waals surface area contributed by atoms with Gasteiger partial charge in [0.2, 0.25) is 5.91 Å². The number of fused-ring (bicyclic) bond motifs is 1. The van der Waals surface area contributed by atoms with Crippen LogP contribution in [0.5, 0.6) is 0 Å². The number of anilines is 1. The van der Waals surface area contributed by atoms with Crippen LogP contribution in [0.3, 0.4) is 0 Å². The summed E-state index contributed by atoms with van der Waals surface area (Å²) in [5, 5.41) is 3.02. The molecule has 2 saturated carbocycles. The van der Waals surface area contributed by atoms with Crippen molar-refractivity contribution in [3.8, 4) is 0 Å². The molecule has 1 heterocycles. The molecule has 1 aromatic carbocycles. The average molecular weight is 298 g/mol. The number of benzene rings is 1. The maximum atomic E-state index is 12.3. The average Bonchev–Trinajstić information content (AvgIpc) is 3.02. The molecule has 116 valence electrons. The number of nitrogens with two attached hydrogens (primary N) is 1. The molecule has 4 N–H and O–H groups in total. The van der Waals surface area contributed by atoms with Crippen molar-refractivity contribution in [3.05, 3.63) is 24.0 Å². The van der Waals surface area contributed by atoms with Gasteiger partial charge in [-0.25, -0.2) is 4.98 Å². The van der Waals surface area contributed by atoms with Crippen LogP contribution < -0.4 is 11.1 Å². The number of rotatable bonds is 3. The summed E-state index contributed by atoms with van der Waals surface area (Å²) in [5.74, 6) is 1.82. The number of nitrogens with one attached hydrogen (secondary N) is 2. The Kier molecular flexibility index (Phi) is 3.37. The lowest BCUT2D eigenvalue weighted by atomic mass is 9.85. The van der Waals surface area contributed by atoms with E-state index >= 15 is 0 Å². The summed E-state index contributed by atoms with van der Waals surface area (Å²) < 4.78 is 0. The molecule has 2 unspecified atom stereocenters. The molecule has 4 rings (SSSR count). The van der Waals surface area contributed by atoms with Crippen LogP contribution >= 0.6 is 0 Å². The highest BCUT2D eigenvalue weighted by Crippen LogP contribution is 2.35. The Hall–Kier alpha value is -1.88. The number of nitrogens with zero attached hydrogens (tertiary/aromatic N) is 1. The Balaban J connectivity index is 1.50. The Labute approximate surface area is 129 Å². The number of amides is 1. The fraction of sp³-hybridized carbons (Fsp3) is 0.529. The molecule has 0 aliphatic heterocycles. The minimum absolute atomic E-state index is 0.0537. The second-order valence-electron chi connectivity index (χ2n) is 6.74. The van der Waals surface area contributed by atoms with E-state index in [1.807, 2.05) is 18.2 Å². The molecule has 5 nitrogen and oxygen atoms in total. The molecule has 0 saturated heterocycles. The van der Waals surface area contributed by atoms with Gasteiger partial charge in [-0.05, 0) is 50.3 Å². The van der Waals surface area contributed by atoms with Crippen LogP contribution in [-0.2, 0) is 4.79 Å². The minimum Gasteiger partial charge on any atom is -0.342 e. The second-order valence-corrected chi connectivity index (χ2v) is 6.74. The summed E-state index contributed by atoms with van der Waals surface area (Å²) >= 11 is 0. The fourth-order valence-corrected chi connectivity index (χ4v) is 3.48. The Morgan fingerprint density at radius 2 is 2.14 bits per heavy atom. The molecule has 2 aliphatic carbocycles. The maximum Gasteiger partial charge on any atom is 0.227 e. The van der Waals surface area contributed by atoms with Gasteiger partial charge in [-0.15, -0.1) is 0 Å². The molecule has 1 aromatic heterocycles. The van der Waals surface area contributed by atoms with Crippen molar-refractivity contribution in [1.82, 2.24) is 9.97 Å². The zero-order valence-corrected chi connectivity index (χ0v) is 12.6.